The van der Waals surface area contributed by atoms with E-state index >= 15 is 0 Å². The van der Waals surface area contributed by atoms with Gasteiger partial charge in [-0.1, -0.05) is 18.2 Å². The molecule has 1 aliphatic rings. The molecular weight excluding hydrogens is 152 g/mol. The minimum Gasteiger partial charge on any atom is -0.290 e. The minimum absolute atomic E-state index is 0.0999. The predicted octanol–water partition coefficient (Wildman–Crippen LogP) is -0.810. The van der Waals surface area contributed by atoms with Crippen LogP contribution in [0.1, 0.15) is 0 Å². The van der Waals surface area contributed by atoms with Gasteiger partial charge < -0.3 is 0 Å². The molecule has 1 aliphatic carbocycles. The second-order valence-corrected chi connectivity index (χ2v) is 2.64. The van der Waals surface area contributed by atoms with Crippen LogP contribution in [-0.2, 0) is 4.79 Å². The van der Waals surface area contributed by atoms with E-state index in [9.17, 15) is 9.59 Å². The maximum atomic E-state index is 11.3. The number of carbonyl (C=O) groups excluding carboxylic acids is 1. The highest BCUT2D eigenvalue weighted by atomic mass is 16.1. The third-order valence-electron chi connectivity index (χ3n) is 1.80. The van der Waals surface area contributed by atoms with Crippen molar-refractivity contribution in [1.29, 1.82) is 0 Å². The van der Waals surface area contributed by atoms with Crippen LogP contribution in [0.3, 0.4) is 0 Å². The number of Topliss-reactive ketones (excluding diaryl/α,β-unsaturated/α-hetero) is 1. The van der Waals surface area contributed by atoms with Crippen molar-refractivity contribution in [3.8, 4) is 0 Å². The molecule has 0 saturated heterocycles. The van der Waals surface area contributed by atoms with E-state index in [4.69, 9.17) is 0 Å². The first-order valence-electron chi connectivity index (χ1n) is 3.64. The average molecular weight is 158 g/mol. The summed E-state index contributed by atoms with van der Waals surface area (Å²) in [5, 5.41) is 1.22. The van der Waals surface area contributed by atoms with Crippen molar-refractivity contribution in [2.24, 2.45) is 0 Å². The number of fused-ring (bicyclic) bond motifs is 1. The first-order chi connectivity index (χ1) is 5.77. The Morgan fingerprint density at radius 3 is 2.50 bits per heavy atom. The smallest absolute Gasteiger partial charge is 0.186 e. The molecule has 0 fully saturated rings. The highest BCUT2D eigenvalue weighted by Crippen LogP contribution is 1.80. The van der Waals surface area contributed by atoms with Gasteiger partial charge in [-0.25, -0.2) is 0 Å². The second-order valence-electron chi connectivity index (χ2n) is 2.64. The lowest BCUT2D eigenvalue weighted by Gasteiger charge is -1.68. The molecule has 2 nitrogen and oxygen atoms in total. The standard InChI is InChI=1S/C10H6O2/c11-8-5-7-3-1-2-4-10(12)9(7)6-8/h1-6H. The van der Waals surface area contributed by atoms with Gasteiger partial charge >= 0.3 is 0 Å². The van der Waals surface area contributed by atoms with Gasteiger partial charge in [-0.15, -0.1) is 0 Å². The van der Waals surface area contributed by atoms with Crippen molar-refractivity contribution < 1.29 is 4.79 Å². The van der Waals surface area contributed by atoms with Gasteiger partial charge in [0, 0.05) is 5.22 Å². The van der Waals surface area contributed by atoms with Crippen molar-refractivity contribution >= 4 is 17.9 Å². The van der Waals surface area contributed by atoms with Gasteiger partial charge in [0.1, 0.15) is 0 Å². The van der Waals surface area contributed by atoms with Crippen LogP contribution < -0.4 is 15.9 Å². The summed E-state index contributed by atoms with van der Waals surface area (Å²) in [5.74, 6) is -0.103. The van der Waals surface area contributed by atoms with Crippen molar-refractivity contribution in [2.75, 3.05) is 0 Å². The van der Waals surface area contributed by atoms with Gasteiger partial charge in [0.2, 0.25) is 0 Å². The highest BCUT2D eigenvalue weighted by molar-refractivity contribution is 6.26. The molecule has 0 heterocycles. The zero-order chi connectivity index (χ0) is 8.55. The Hall–Kier alpha value is -1.70. The molecule has 58 valence electrons. The zero-order valence-electron chi connectivity index (χ0n) is 6.28. The fraction of sp³-hybridized carbons (Fsp3) is 0. The fourth-order valence-electron chi connectivity index (χ4n) is 1.24. The lowest BCUT2D eigenvalue weighted by atomic mass is 10.3. The highest BCUT2D eigenvalue weighted by Gasteiger charge is 2.01. The van der Waals surface area contributed by atoms with Crippen molar-refractivity contribution in [3.05, 3.63) is 44.9 Å². The van der Waals surface area contributed by atoms with E-state index in [0.29, 0.717) is 5.22 Å². The Morgan fingerprint density at radius 2 is 1.67 bits per heavy atom. The molecule has 0 saturated carbocycles. The molecule has 0 amide bonds. The lowest BCUT2D eigenvalue weighted by Crippen LogP contribution is -2.32. The van der Waals surface area contributed by atoms with Gasteiger partial charge in [-0.3, -0.25) is 9.59 Å². The Balaban J connectivity index is 3.10. The molecule has 0 spiro atoms. The third-order valence-corrected chi connectivity index (χ3v) is 1.80. The summed E-state index contributed by atoms with van der Waals surface area (Å²) in [4.78, 5) is 22.2. The number of rotatable bonds is 0. The summed E-state index contributed by atoms with van der Waals surface area (Å²) in [7, 11) is 0. The van der Waals surface area contributed by atoms with Gasteiger partial charge in [0.05, 0.1) is 0 Å². The molecule has 0 aromatic heterocycles. The molecule has 0 atom stereocenters. The molecule has 0 unspecified atom stereocenters. The van der Waals surface area contributed by atoms with Gasteiger partial charge in [-0.2, -0.15) is 0 Å². The summed E-state index contributed by atoms with van der Waals surface area (Å²) in [6.45, 7) is 0. The van der Waals surface area contributed by atoms with E-state index < -0.39 is 0 Å². The second kappa shape index (κ2) is 2.41. The Morgan fingerprint density at radius 1 is 0.917 bits per heavy atom. The van der Waals surface area contributed by atoms with Crippen molar-refractivity contribution in [3.63, 3.8) is 0 Å². The SMILES string of the molecule is O=C1C=c2ccccc(=O)c2=C1. The average Bonchev–Trinajstić information content (AvgIpc) is 2.33. The Labute approximate surface area is 68.5 Å². The summed E-state index contributed by atoms with van der Waals surface area (Å²) < 4.78 is 0. The van der Waals surface area contributed by atoms with Crippen LogP contribution in [-0.4, -0.2) is 5.78 Å². The number of ketones is 1. The number of carbonyl (C=O) groups is 1. The topological polar surface area (TPSA) is 34.1 Å². The van der Waals surface area contributed by atoms with E-state index in [1.54, 1.807) is 18.2 Å². The van der Waals surface area contributed by atoms with E-state index in [0.717, 1.165) is 5.22 Å². The Kier molecular flexibility index (Phi) is 1.40. The minimum atomic E-state index is -0.103. The summed E-state index contributed by atoms with van der Waals surface area (Å²) in [6.07, 6.45) is 2.84. The van der Waals surface area contributed by atoms with E-state index in [2.05, 4.69) is 0 Å². The van der Waals surface area contributed by atoms with E-state index in [1.807, 2.05) is 0 Å². The van der Waals surface area contributed by atoms with Crippen LogP contribution >= 0.6 is 0 Å². The van der Waals surface area contributed by atoms with Crippen LogP contribution in [0, 0.1) is 0 Å². The molecular formula is C10H6O2. The molecule has 0 aliphatic heterocycles. The monoisotopic (exact) mass is 158 g/mol. The zero-order valence-corrected chi connectivity index (χ0v) is 6.28. The normalized spacial score (nSPS) is 13.2. The maximum Gasteiger partial charge on any atom is 0.186 e. The molecule has 1 aromatic carbocycles. The lowest BCUT2D eigenvalue weighted by molar-refractivity contribution is -0.107. The number of hydrogen-bond acceptors (Lipinski definition) is 2. The van der Waals surface area contributed by atoms with Gasteiger partial charge in [0.25, 0.3) is 0 Å². The van der Waals surface area contributed by atoms with Crippen molar-refractivity contribution in [1.82, 2.24) is 0 Å². The summed E-state index contributed by atoms with van der Waals surface area (Å²) in [5.41, 5.74) is -0.0999. The van der Waals surface area contributed by atoms with Crippen LogP contribution in [0.15, 0.2) is 29.1 Å². The van der Waals surface area contributed by atoms with Crippen molar-refractivity contribution in [2.45, 2.75) is 0 Å². The summed E-state index contributed by atoms with van der Waals surface area (Å²) in [6, 6.07) is 6.65. The first-order valence-corrected chi connectivity index (χ1v) is 3.64. The van der Waals surface area contributed by atoms with Gasteiger partial charge in [-0.05, 0) is 23.4 Å². The predicted molar refractivity (Wildman–Crippen MR) is 45.9 cm³/mol. The number of hydrogen-bond donors (Lipinski definition) is 0. The van der Waals surface area contributed by atoms with Crippen LogP contribution in [0.25, 0.3) is 12.2 Å². The summed E-state index contributed by atoms with van der Waals surface area (Å²) >= 11 is 0. The van der Waals surface area contributed by atoms with Crippen LogP contribution in [0.2, 0.25) is 0 Å². The molecule has 0 bridgehead atoms. The molecule has 2 heteroatoms. The third kappa shape index (κ3) is 0.975. The molecule has 0 N–H and O–H groups in total. The fourth-order valence-corrected chi connectivity index (χ4v) is 1.24. The quantitative estimate of drug-likeness (QED) is 0.495. The molecule has 1 aromatic rings. The van der Waals surface area contributed by atoms with Gasteiger partial charge in [0.15, 0.2) is 11.2 Å². The molecule has 0 radical (unpaired) electrons. The Bertz CT molecular complexity index is 512. The molecule has 2 rings (SSSR count). The van der Waals surface area contributed by atoms with Crippen LogP contribution in [0.4, 0.5) is 0 Å². The maximum absolute atomic E-state index is 11.3. The molecule has 12 heavy (non-hydrogen) atoms. The van der Waals surface area contributed by atoms with E-state index in [1.165, 1.54) is 18.2 Å². The first kappa shape index (κ1) is 6.98. The largest absolute Gasteiger partial charge is 0.290 e. The van der Waals surface area contributed by atoms with E-state index in [-0.39, 0.29) is 11.2 Å². The van der Waals surface area contributed by atoms with Crippen LogP contribution in [0.5, 0.6) is 0 Å².